The van der Waals surface area contributed by atoms with Crippen LogP contribution >= 0.6 is 27.7 Å². The maximum absolute atomic E-state index is 12.3. The summed E-state index contributed by atoms with van der Waals surface area (Å²) in [6.45, 7) is 0. The molecule has 0 spiro atoms. The molecule has 4 aliphatic carbocycles. The van der Waals surface area contributed by atoms with Crippen molar-refractivity contribution in [2.45, 2.75) is 43.3 Å². The first kappa shape index (κ1) is 15.1. The van der Waals surface area contributed by atoms with Crippen LogP contribution in [-0.4, -0.2) is 16.4 Å². The Kier molecular flexibility index (Phi) is 4.02. The number of amides is 1. The molecule has 0 aliphatic heterocycles. The first-order valence-electron chi connectivity index (χ1n) is 8.30. The number of para-hydroxylation sites is 1. The number of rotatable bonds is 4. The predicted molar refractivity (Wildman–Crippen MR) is 96.1 cm³/mol. The number of nitrogens with one attached hydrogen (secondary N) is 1. The Bertz CT molecular complexity index is 553. The molecule has 4 saturated carbocycles. The smallest absolute Gasteiger partial charge is 0.234 e. The second kappa shape index (κ2) is 5.86. The first-order chi connectivity index (χ1) is 10.6. The lowest BCUT2D eigenvalue weighted by molar-refractivity contribution is -0.113. The Balaban J connectivity index is 1.37. The molecule has 0 heterocycles. The minimum atomic E-state index is 0.132. The summed E-state index contributed by atoms with van der Waals surface area (Å²) in [6.07, 6.45) is 8.44. The zero-order valence-corrected chi connectivity index (χ0v) is 15.1. The van der Waals surface area contributed by atoms with E-state index >= 15 is 0 Å². The van der Waals surface area contributed by atoms with E-state index in [0.29, 0.717) is 10.5 Å². The molecule has 0 aromatic heterocycles. The molecule has 1 aromatic carbocycles. The molecule has 0 unspecified atom stereocenters. The summed E-state index contributed by atoms with van der Waals surface area (Å²) in [5.74, 6) is 3.57. The quantitative estimate of drug-likeness (QED) is 0.788. The first-order valence-corrected chi connectivity index (χ1v) is 10.1. The van der Waals surface area contributed by atoms with Gasteiger partial charge in [-0.25, -0.2) is 0 Å². The van der Waals surface area contributed by atoms with Crippen LogP contribution in [0.2, 0.25) is 0 Å². The number of halogens is 1. The van der Waals surface area contributed by atoms with Gasteiger partial charge in [0.25, 0.3) is 0 Å². The lowest BCUT2D eigenvalue weighted by Gasteiger charge is -2.56. The summed E-state index contributed by atoms with van der Waals surface area (Å²) < 4.78 is 1.36. The second-order valence-corrected chi connectivity index (χ2v) is 9.71. The predicted octanol–water partition coefficient (Wildman–Crippen LogP) is 5.09. The fourth-order valence-electron chi connectivity index (χ4n) is 5.18. The molecular weight excluding hydrogens is 358 g/mol. The van der Waals surface area contributed by atoms with Crippen molar-refractivity contribution in [3.63, 3.8) is 0 Å². The second-order valence-electron chi connectivity index (χ2n) is 7.42. The van der Waals surface area contributed by atoms with Crippen LogP contribution in [0.15, 0.2) is 28.7 Å². The van der Waals surface area contributed by atoms with Crippen LogP contribution in [0.5, 0.6) is 0 Å². The van der Waals surface area contributed by atoms with Crippen molar-refractivity contribution >= 4 is 39.3 Å². The Morgan fingerprint density at radius 3 is 2.32 bits per heavy atom. The van der Waals surface area contributed by atoms with Gasteiger partial charge in [-0.1, -0.05) is 12.1 Å². The zero-order chi connectivity index (χ0) is 15.2. The minimum Gasteiger partial charge on any atom is -0.324 e. The fraction of sp³-hybridized carbons (Fsp3) is 0.611. The topological polar surface area (TPSA) is 29.1 Å². The summed E-state index contributed by atoms with van der Waals surface area (Å²) in [4.78, 5) is 12.3. The number of benzene rings is 1. The van der Waals surface area contributed by atoms with Gasteiger partial charge < -0.3 is 5.32 Å². The van der Waals surface area contributed by atoms with Crippen molar-refractivity contribution in [2.75, 3.05) is 11.1 Å². The SMILES string of the molecule is O=C(CSC12CC3CC(CC(C3)C1)C2)Nc1ccccc1Br. The van der Waals surface area contributed by atoms with Crippen LogP contribution in [0.4, 0.5) is 5.69 Å². The lowest BCUT2D eigenvalue weighted by Crippen LogP contribution is -2.49. The standard InChI is InChI=1S/C18H22BrNOS/c19-15-3-1-2-4-16(15)20-17(21)11-22-18-8-12-5-13(9-18)7-14(6-12)10-18/h1-4,12-14H,5-11H2,(H,20,21). The third-order valence-corrected chi connectivity index (χ3v) is 7.85. The van der Waals surface area contributed by atoms with Crippen molar-refractivity contribution in [2.24, 2.45) is 17.8 Å². The van der Waals surface area contributed by atoms with Crippen LogP contribution in [0, 0.1) is 17.8 Å². The molecular formula is C18H22BrNOS. The van der Waals surface area contributed by atoms with E-state index in [-0.39, 0.29) is 5.91 Å². The normalized spacial score (nSPS) is 35.6. The highest BCUT2D eigenvalue weighted by molar-refractivity contribution is 9.10. The van der Waals surface area contributed by atoms with Gasteiger partial charge in [-0.05, 0) is 84.3 Å². The highest BCUT2D eigenvalue weighted by atomic mass is 79.9. The number of anilines is 1. The molecule has 0 radical (unpaired) electrons. The average molecular weight is 380 g/mol. The van der Waals surface area contributed by atoms with Crippen LogP contribution in [0.3, 0.4) is 0 Å². The highest BCUT2D eigenvalue weighted by Crippen LogP contribution is 2.60. The molecule has 1 amide bonds. The van der Waals surface area contributed by atoms with Crippen molar-refractivity contribution in [3.05, 3.63) is 28.7 Å². The molecule has 4 aliphatic rings. The van der Waals surface area contributed by atoms with Gasteiger partial charge in [0, 0.05) is 9.22 Å². The molecule has 0 saturated heterocycles. The lowest BCUT2D eigenvalue weighted by atomic mass is 9.56. The van der Waals surface area contributed by atoms with E-state index in [1.165, 1.54) is 38.5 Å². The molecule has 118 valence electrons. The van der Waals surface area contributed by atoms with E-state index in [1.54, 1.807) is 0 Å². The van der Waals surface area contributed by atoms with Crippen LogP contribution in [0.1, 0.15) is 38.5 Å². The number of thioether (sulfide) groups is 1. The molecule has 4 heteroatoms. The van der Waals surface area contributed by atoms with E-state index in [1.807, 2.05) is 36.0 Å². The Morgan fingerprint density at radius 2 is 1.73 bits per heavy atom. The van der Waals surface area contributed by atoms with Gasteiger partial charge in [-0.15, -0.1) is 11.8 Å². The number of hydrogen-bond donors (Lipinski definition) is 1. The summed E-state index contributed by atoms with van der Waals surface area (Å²) in [5.41, 5.74) is 0.874. The molecule has 4 bridgehead atoms. The Labute approximate surface area is 144 Å². The van der Waals surface area contributed by atoms with E-state index in [4.69, 9.17) is 0 Å². The number of carbonyl (C=O) groups excluding carboxylic acids is 1. The molecule has 1 N–H and O–H groups in total. The molecule has 1 aromatic rings. The maximum atomic E-state index is 12.3. The van der Waals surface area contributed by atoms with E-state index in [9.17, 15) is 4.79 Å². The molecule has 4 fully saturated rings. The van der Waals surface area contributed by atoms with Crippen LogP contribution in [0.25, 0.3) is 0 Å². The van der Waals surface area contributed by atoms with E-state index in [0.717, 1.165) is 27.9 Å². The van der Waals surface area contributed by atoms with E-state index in [2.05, 4.69) is 21.2 Å². The summed E-state index contributed by atoms with van der Waals surface area (Å²) in [5, 5.41) is 3.04. The summed E-state index contributed by atoms with van der Waals surface area (Å²) in [7, 11) is 0. The maximum Gasteiger partial charge on any atom is 0.234 e. The van der Waals surface area contributed by atoms with Crippen molar-refractivity contribution in [1.29, 1.82) is 0 Å². The third-order valence-electron chi connectivity index (χ3n) is 5.64. The van der Waals surface area contributed by atoms with Gasteiger partial charge in [-0.3, -0.25) is 4.79 Å². The molecule has 22 heavy (non-hydrogen) atoms. The van der Waals surface area contributed by atoms with Gasteiger partial charge in [0.15, 0.2) is 0 Å². The van der Waals surface area contributed by atoms with Gasteiger partial charge >= 0.3 is 0 Å². The monoisotopic (exact) mass is 379 g/mol. The highest BCUT2D eigenvalue weighted by Gasteiger charge is 2.51. The van der Waals surface area contributed by atoms with Crippen LogP contribution in [-0.2, 0) is 4.79 Å². The van der Waals surface area contributed by atoms with Crippen molar-refractivity contribution < 1.29 is 4.79 Å². The van der Waals surface area contributed by atoms with Gasteiger partial charge in [0.05, 0.1) is 11.4 Å². The minimum absolute atomic E-state index is 0.132. The van der Waals surface area contributed by atoms with Crippen LogP contribution < -0.4 is 5.32 Å². The fourth-order valence-corrected chi connectivity index (χ4v) is 7.13. The number of hydrogen-bond acceptors (Lipinski definition) is 2. The Hall–Kier alpha value is -0.480. The van der Waals surface area contributed by atoms with Crippen molar-refractivity contribution in [1.82, 2.24) is 0 Å². The van der Waals surface area contributed by atoms with Gasteiger partial charge in [-0.2, -0.15) is 0 Å². The molecule has 0 atom stereocenters. The summed E-state index contributed by atoms with van der Waals surface area (Å²) in [6, 6.07) is 7.82. The molecule has 2 nitrogen and oxygen atoms in total. The van der Waals surface area contributed by atoms with Gasteiger partial charge in [0.1, 0.15) is 0 Å². The third kappa shape index (κ3) is 2.96. The number of carbonyl (C=O) groups is 1. The van der Waals surface area contributed by atoms with E-state index < -0.39 is 0 Å². The van der Waals surface area contributed by atoms with Crippen molar-refractivity contribution in [3.8, 4) is 0 Å². The zero-order valence-electron chi connectivity index (χ0n) is 12.7. The summed E-state index contributed by atoms with van der Waals surface area (Å²) >= 11 is 5.43. The Morgan fingerprint density at radius 1 is 1.14 bits per heavy atom. The average Bonchev–Trinajstić information content (AvgIpc) is 2.46. The largest absolute Gasteiger partial charge is 0.324 e. The van der Waals surface area contributed by atoms with Gasteiger partial charge in [0.2, 0.25) is 5.91 Å². The molecule has 5 rings (SSSR count).